The highest BCUT2D eigenvalue weighted by Gasteiger charge is 2.38. The van der Waals surface area contributed by atoms with Crippen molar-refractivity contribution in [1.29, 1.82) is 0 Å². The number of aromatic nitrogens is 2. The maximum absolute atomic E-state index is 15.0. The second kappa shape index (κ2) is 9.50. The van der Waals surface area contributed by atoms with Gasteiger partial charge in [0.25, 0.3) is 5.91 Å². The first-order chi connectivity index (χ1) is 17.2. The summed E-state index contributed by atoms with van der Waals surface area (Å²) in [5.74, 6) is -5.46. The molecule has 2 aromatic heterocycles. The molecule has 1 saturated heterocycles. The van der Waals surface area contributed by atoms with Gasteiger partial charge in [-0.2, -0.15) is 13.2 Å². The lowest BCUT2D eigenvalue weighted by Crippen LogP contribution is -2.44. The Kier molecular flexibility index (Phi) is 6.86. The van der Waals surface area contributed by atoms with Crippen molar-refractivity contribution in [2.75, 3.05) is 18.0 Å². The smallest absolute Gasteiger partial charge is 0.389 e. The molecule has 0 aliphatic carbocycles. The van der Waals surface area contributed by atoms with Crippen molar-refractivity contribution >= 4 is 34.4 Å². The highest BCUT2D eigenvalue weighted by Crippen LogP contribution is 2.30. The first-order valence-corrected chi connectivity index (χ1v) is 11.0. The molecular weight excluding hydrogens is 534 g/mol. The van der Waals surface area contributed by atoms with Crippen molar-refractivity contribution in [3.05, 3.63) is 62.7 Å². The normalized spacial score (nSPS) is 18.9. The molecule has 1 aromatic carbocycles. The molecule has 15 heteroatoms. The van der Waals surface area contributed by atoms with Gasteiger partial charge in [0.2, 0.25) is 5.43 Å². The molecule has 0 bridgehead atoms. The summed E-state index contributed by atoms with van der Waals surface area (Å²) in [5, 5.41) is 20.0. The molecule has 0 spiro atoms. The summed E-state index contributed by atoms with van der Waals surface area (Å²) < 4.78 is 83.2. The summed E-state index contributed by atoms with van der Waals surface area (Å²) in [4.78, 5) is 30.8. The maximum atomic E-state index is 15.0. The van der Waals surface area contributed by atoms with Crippen LogP contribution in [0.2, 0.25) is 5.02 Å². The molecule has 1 unspecified atom stereocenters. The van der Waals surface area contributed by atoms with Crippen molar-refractivity contribution in [2.24, 2.45) is 0 Å². The quantitative estimate of drug-likeness (QED) is 0.431. The summed E-state index contributed by atoms with van der Waals surface area (Å²) in [6.45, 7) is 0.130. The number of fused-ring (bicyclic) bond motifs is 1. The monoisotopic (exact) mass is 550 g/mol. The van der Waals surface area contributed by atoms with Crippen LogP contribution in [0.15, 0.2) is 29.2 Å². The molecule has 3 aromatic rings. The predicted octanol–water partition coefficient (Wildman–Crippen LogP) is 2.68. The van der Waals surface area contributed by atoms with E-state index in [2.05, 4.69) is 4.98 Å². The van der Waals surface area contributed by atoms with Crippen LogP contribution in [0.5, 0.6) is 0 Å². The summed E-state index contributed by atoms with van der Waals surface area (Å²) in [5.41, 5.74) is -3.26. The van der Waals surface area contributed by atoms with E-state index in [4.69, 9.17) is 11.6 Å². The van der Waals surface area contributed by atoms with Crippen molar-refractivity contribution in [3.63, 3.8) is 0 Å². The minimum absolute atomic E-state index is 0.248. The lowest BCUT2D eigenvalue weighted by Gasteiger charge is -2.21. The molecular formula is C22H17ClF6N4O4. The Bertz CT molecular complexity index is 1430. The van der Waals surface area contributed by atoms with Gasteiger partial charge < -0.3 is 20.4 Å². The van der Waals surface area contributed by atoms with E-state index in [1.165, 1.54) is 0 Å². The average Bonchev–Trinajstić information content (AvgIpc) is 3.11. The molecule has 8 nitrogen and oxygen atoms in total. The van der Waals surface area contributed by atoms with Crippen LogP contribution in [-0.2, 0) is 0 Å². The standard InChI is InChI=1S/C22H17ClF6N4O4/c1-8(22(27,28)29)30-21(37)11-5-33(17-12(23)2-9(24)3-13(17)25)19-10(18(11)36)4-14(26)20(31-19)32-6-15(34)16(35)7-32/h2-5,8,15-16,34-35H,6-7H2,1H3,(H,30,37)/t8?,15-,16-/m1/s1. The number of halogens is 7. The van der Waals surface area contributed by atoms with E-state index in [1.807, 2.05) is 0 Å². The first kappa shape index (κ1) is 26.7. The van der Waals surface area contributed by atoms with Crippen LogP contribution in [0.1, 0.15) is 17.3 Å². The zero-order valence-electron chi connectivity index (χ0n) is 18.7. The number of carbonyl (C=O) groups is 1. The fraction of sp³-hybridized carbons (Fsp3) is 0.318. The minimum atomic E-state index is -4.86. The van der Waals surface area contributed by atoms with E-state index in [0.29, 0.717) is 35.9 Å². The molecule has 3 N–H and O–H groups in total. The second-order valence-corrected chi connectivity index (χ2v) is 8.81. The van der Waals surface area contributed by atoms with E-state index in [1.54, 1.807) is 5.32 Å². The molecule has 0 radical (unpaired) electrons. The molecule has 0 saturated carbocycles. The number of β-amino-alcohol motifs (C(OH)–C–C–N with tert-alkyl or cyclic N) is 2. The Morgan fingerprint density at radius 3 is 2.32 bits per heavy atom. The number of anilines is 1. The van der Waals surface area contributed by atoms with Gasteiger partial charge in [0.15, 0.2) is 23.1 Å². The molecule has 1 aliphatic heterocycles. The Morgan fingerprint density at radius 2 is 1.76 bits per heavy atom. The third-order valence-electron chi connectivity index (χ3n) is 5.78. The number of nitrogens with one attached hydrogen (secondary N) is 1. The van der Waals surface area contributed by atoms with E-state index in [0.717, 1.165) is 4.90 Å². The number of rotatable bonds is 4. The fourth-order valence-corrected chi connectivity index (χ4v) is 4.12. The number of aliphatic hydroxyl groups is 2. The number of benzene rings is 1. The van der Waals surface area contributed by atoms with Crippen LogP contribution < -0.4 is 15.6 Å². The van der Waals surface area contributed by atoms with Crippen LogP contribution in [0, 0.1) is 17.5 Å². The minimum Gasteiger partial charge on any atom is -0.389 e. The second-order valence-electron chi connectivity index (χ2n) is 8.40. The van der Waals surface area contributed by atoms with Gasteiger partial charge >= 0.3 is 6.18 Å². The van der Waals surface area contributed by atoms with E-state index in [9.17, 15) is 41.8 Å². The van der Waals surface area contributed by atoms with Crippen molar-refractivity contribution in [3.8, 4) is 5.69 Å². The summed E-state index contributed by atoms with van der Waals surface area (Å²) >= 11 is 6.02. The van der Waals surface area contributed by atoms with Gasteiger partial charge in [-0.15, -0.1) is 0 Å². The third kappa shape index (κ3) is 4.95. The van der Waals surface area contributed by atoms with Crippen LogP contribution in [0.25, 0.3) is 16.7 Å². The first-order valence-electron chi connectivity index (χ1n) is 10.6. The molecule has 37 heavy (non-hydrogen) atoms. The van der Waals surface area contributed by atoms with Crippen LogP contribution in [-0.4, -0.2) is 63.2 Å². The summed E-state index contributed by atoms with van der Waals surface area (Å²) in [6, 6.07) is -0.617. The van der Waals surface area contributed by atoms with Crippen LogP contribution in [0.3, 0.4) is 0 Å². The molecule has 4 rings (SSSR count). The number of hydrogen-bond acceptors (Lipinski definition) is 6. The highest BCUT2D eigenvalue weighted by molar-refractivity contribution is 6.32. The Labute approximate surface area is 208 Å². The molecule has 1 amide bonds. The largest absolute Gasteiger partial charge is 0.408 e. The summed E-state index contributed by atoms with van der Waals surface area (Å²) in [7, 11) is 0. The molecule has 1 fully saturated rings. The number of aliphatic hydroxyl groups excluding tert-OH is 2. The zero-order chi connectivity index (χ0) is 27.4. The summed E-state index contributed by atoms with van der Waals surface area (Å²) in [6.07, 6.45) is -6.69. The number of alkyl halides is 3. The van der Waals surface area contributed by atoms with Gasteiger partial charge in [-0.05, 0) is 19.1 Å². The van der Waals surface area contributed by atoms with Crippen molar-refractivity contribution in [2.45, 2.75) is 31.3 Å². The average molecular weight is 551 g/mol. The van der Waals surface area contributed by atoms with Gasteiger partial charge in [0.1, 0.15) is 23.1 Å². The number of pyridine rings is 2. The van der Waals surface area contributed by atoms with Crippen molar-refractivity contribution in [1.82, 2.24) is 14.9 Å². The number of amides is 1. The predicted molar refractivity (Wildman–Crippen MR) is 119 cm³/mol. The van der Waals surface area contributed by atoms with Gasteiger partial charge in [0.05, 0.1) is 22.6 Å². The highest BCUT2D eigenvalue weighted by atomic mass is 35.5. The third-order valence-corrected chi connectivity index (χ3v) is 6.07. The van der Waals surface area contributed by atoms with Gasteiger partial charge in [-0.1, -0.05) is 11.6 Å². The molecule has 198 valence electrons. The fourth-order valence-electron chi connectivity index (χ4n) is 3.83. The Balaban J connectivity index is 1.99. The molecule has 1 aliphatic rings. The van der Waals surface area contributed by atoms with Gasteiger partial charge in [-0.25, -0.2) is 18.2 Å². The lowest BCUT2D eigenvalue weighted by molar-refractivity contribution is -0.149. The molecule has 3 atom stereocenters. The van der Waals surface area contributed by atoms with E-state index >= 15 is 4.39 Å². The lowest BCUT2D eigenvalue weighted by atomic mass is 10.1. The maximum Gasteiger partial charge on any atom is 0.408 e. The van der Waals surface area contributed by atoms with E-state index in [-0.39, 0.29) is 13.1 Å². The van der Waals surface area contributed by atoms with E-state index < -0.39 is 86.3 Å². The van der Waals surface area contributed by atoms with Gasteiger partial charge in [-0.3, -0.25) is 14.2 Å². The number of hydrogen-bond donors (Lipinski definition) is 3. The van der Waals surface area contributed by atoms with Crippen molar-refractivity contribution < 1.29 is 41.4 Å². The topological polar surface area (TPSA) is 108 Å². The number of carbonyl (C=O) groups excluding carboxylic acids is 1. The van der Waals surface area contributed by atoms with Crippen LogP contribution in [0.4, 0.5) is 32.2 Å². The SMILES string of the molecule is CC(NC(=O)c1cn(-c2c(F)cc(F)cc2Cl)c2nc(N3C[C@@H](O)[C@H](O)C3)c(F)cc2c1=O)C(F)(F)F. The molecule has 3 heterocycles. The van der Waals surface area contributed by atoms with Gasteiger partial charge in [0, 0.05) is 25.4 Å². The Hall–Kier alpha value is -3.36. The van der Waals surface area contributed by atoms with Crippen LogP contribution >= 0.6 is 11.6 Å². The zero-order valence-corrected chi connectivity index (χ0v) is 19.4. The number of nitrogens with zero attached hydrogens (tertiary/aromatic N) is 3. The Morgan fingerprint density at radius 1 is 1.14 bits per heavy atom.